The van der Waals surface area contributed by atoms with E-state index in [4.69, 9.17) is 0 Å². The van der Waals surface area contributed by atoms with Gasteiger partial charge in [-0.2, -0.15) is 0 Å². The molecule has 0 aromatic carbocycles. The molecule has 110 valence electrons. The van der Waals surface area contributed by atoms with Gasteiger partial charge >= 0.3 is 5.69 Å². The minimum absolute atomic E-state index is 0.0196. The molecule has 5 nitrogen and oxygen atoms in total. The van der Waals surface area contributed by atoms with Gasteiger partial charge in [-0.1, -0.05) is 6.92 Å². The van der Waals surface area contributed by atoms with Gasteiger partial charge in [-0.15, -0.1) is 11.3 Å². The maximum absolute atomic E-state index is 12.6. The van der Waals surface area contributed by atoms with Crippen LogP contribution in [-0.2, 0) is 17.8 Å². The molecule has 0 N–H and O–H groups in total. The fourth-order valence-corrected chi connectivity index (χ4v) is 3.81. The first-order chi connectivity index (χ1) is 10.2. The molecule has 3 heterocycles. The van der Waals surface area contributed by atoms with Gasteiger partial charge in [-0.25, -0.2) is 9.78 Å². The number of rotatable bonds is 3. The van der Waals surface area contributed by atoms with Gasteiger partial charge in [0.05, 0.1) is 6.04 Å². The van der Waals surface area contributed by atoms with Gasteiger partial charge in [-0.3, -0.25) is 9.36 Å². The first-order valence-corrected chi connectivity index (χ1v) is 7.96. The van der Waals surface area contributed by atoms with E-state index in [1.165, 1.54) is 21.2 Å². The second-order valence-corrected chi connectivity index (χ2v) is 6.09. The molecule has 1 aliphatic rings. The van der Waals surface area contributed by atoms with Gasteiger partial charge in [0, 0.05) is 23.8 Å². The lowest BCUT2D eigenvalue weighted by Gasteiger charge is -2.35. The number of aromatic nitrogens is 2. The first kappa shape index (κ1) is 14.0. The largest absolute Gasteiger partial charge is 0.347 e. The van der Waals surface area contributed by atoms with Crippen LogP contribution in [0, 0.1) is 0 Å². The highest BCUT2D eigenvalue weighted by atomic mass is 32.1. The molecule has 0 spiro atoms. The van der Waals surface area contributed by atoms with Crippen molar-refractivity contribution in [3.05, 3.63) is 50.8 Å². The summed E-state index contributed by atoms with van der Waals surface area (Å²) in [4.78, 5) is 31.1. The Labute approximate surface area is 126 Å². The van der Waals surface area contributed by atoms with Gasteiger partial charge in [0.1, 0.15) is 6.54 Å². The zero-order valence-electron chi connectivity index (χ0n) is 11.9. The van der Waals surface area contributed by atoms with Crippen LogP contribution in [0.5, 0.6) is 0 Å². The van der Waals surface area contributed by atoms with Crippen molar-refractivity contribution in [3.8, 4) is 0 Å². The van der Waals surface area contributed by atoms with E-state index in [0.29, 0.717) is 0 Å². The Balaban J connectivity index is 1.82. The number of thiophene rings is 1. The molecule has 2 aromatic rings. The van der Waals surface area contributed by atoms with E-state index in [9.17, 15) is 9.59 Å². The van der Waals surface area contributed by atoms with E-state index in [0.717, 1.165) is 19.4 Å². The molecule has 0 fully saturated rings. The maximum atomic E-state index is 12.6. The lowest BCUT2D eigenvalue weighted by molar-refractivity contribution is -0.135. The molecule has 0 saturated carbocycles. The second-order valence-electron chi connectivity index (χ2n) is 5.09. The van der Waals surface area contributed by atoms with Crippen LogP contribution in [0.4, 0.5) is 0 Å². The maximum Gasteiger partial charge on any atom is 0.347 e. The molecule has 0 bridgehead atoms. The number of hydrogen-bond donors (Lipinski definition) is 0. The first-order valence-electron chi connectivity index (χ1n) is 7.08. The van der Waals surface area contributed by atoms with E-state index in [1.54, 1.807) is 23.6 Å². The van der Waals surface area contributed by atoms with Crippen molar-refractivity contribution in [2.24, 2.45) is 0 Å². The van der Waals surface area contributed by atoms with Crippen molar-refractivity contribution in [3.63, 3.8) is 0 Å². The average molecular weight is 303 g/mol. The van der Waals surface area contributed by atoms with Crippen LogP contribution in [0.1, 0.15) is 29.8 Å². The Morgan fingerprint density at radius 1 is 1.52 bits per heavy atom. The topological polar surface area (TPSA) is 55.2 Å². The van der Waals surface area contributed by atoms with Crippen LogP contribution in [0.25, 0.3) is 0 Å². The molecule has 0 unspecified atom stereocenters. The normalized spacial score (nSPS) is 17.6. The van der Waals surface area contributed by atoms with Crippen molar-refractivity contribution in [2.45, 2.75) is 32.4 Å². The number of carbonyl (C=O) groups excluding carboxylic acids is 1. The van der Waals surface area contributed by atoms with Gasteiger partial charge < -0.3 is 4.90 Å². The number of nitrogens with zero attached hydrogens (tertiary/aromatic N) is 3. The van der Waals surface area contributed by atoms with Crippen molar-refractivity contribution in [1.29, 1.82) is 0 Å². The molecule has 2 aromatic heterocycles. The number of fused-ring (bicyclic) bond motifs is 1. The minimum Gasteiger partial charge on any atom is -0.334 e. The molecule has 3 rings (SSSR count). The van der Waals surface area contributed by atoms with Crippen molar-refractivity contribution in [2.75, 3.05) is 6.54 Å². The van der Waals surface area contributed by atoms with Crippen molar-refractivity contribution >= 4 is 17.2 Å². The van der Waals surface area contributed by atoms with E-state index < -0.39 is 0 Å². The molecule has 0 saturated heterocycles. The standard InChI is InChI=1S/C15H17N3O2S/c1-2-12-11-5-9-21-13(11)4-8-18(12)14(19)10-17-7-3-6-16-15(17)20/h3,5-7,9,12H,2,4,8,10H2,1H3/t12-/m0/s1. The summed E-state index contributed by atoms with van der Waals surface area (Å²) in [6, 6.07) is 3.91. The highest BCUT2D eigenvalue weighted by Gasteiger charge is 2.30. The van der Waals surface area contributed by atoms with E-state index in [1.807, 2.05) is 4.90 Å². The smallest absolute Gasteiger partial charge is 0.334 e. The minimum atomic E-state index is -0.382. The summed E-state index contributed by atoms with van der Waals surface area (Å²) in [5.41, 5.74) is 0.882. The van der Waals surface area contributed by atoms with Crippen LogP contribution in [-0.4, -0.2) is 26.9 Å². The predicted molar refractivity (Wildman–Crippen MR) is 81.3 cm³/mol. The molecule has 0 radical (unpaired) electrons. The fraction of sp³-hybridized carbons (Fsp3) is 0.400. The molecule has 1 atom stereocenters. The summed E-state index contributed by atoms with van der Waals surface area (Å²) in [5.74, 6) is -0.0196. The summed E-state index contributed by atoms with van der Waals surface area (Å²) in [6.45, 7) is 2.87. The van der Waals surface area contributed by atoms with Crippen LogP contribution >= 0.6 is 11.3 Å². The number of amides is 1. The van der Waals surface area contributed by atoms with Gasteiger partial charge in [0.2, 0.25) is 5.91 Å². The summed E-state index contributed by atoms with van der Waals surface area (Å²) in [6.07, 6.45) is 4.83. The fourth-order valence-electron chi connectivity index (χ4n) is 2.88. The van der Waals surface area contributed by atoms with Gasteiger partial charge in [0.25, 0.3) is 0 Å². The van der Waals surface area contributed by atoms with E-state index in [-0.39, 0.29) is 24.2 Å². The van der Waals surface area contributed by atoms with Crippen LogP contribution < -0.4 is 5.69 Å². The SMILES string of the molecule is CC[C@H]1c2ccsc2CCN1C(=O)Cn1cccnc1=O. The lowest BCUT2D eigenvalue weighted by Crippen LogP contribution is -2.42. The summed E-state index contributed by atoms with van der Waals surface area (Å²) in [7, 11) is 0. The Hall–Kier alpha value is -1.95. The molecule has 6 heteroatoms. The van der Waals surface area contributed by atoms with Crippen molar-refractivity contribution < 1.29 is 4.79 Å². The predicted octanol–water partition coefficient (Wildman–Crippen LogP) is 1.84. The lowest BCUT2D eigenvalue weighted by atomic mass is 9.98. The number of carbonyl (C=O) groups is 1. The zero-order chi connectivity index (χ0) is 14.8. The third-order valence-electron chi connectivity index (χ3n) is 3.89. The van der Waals surface area contributed by atoms with E-state index in [2.05, 4.69) is 23.4 Å². The summed E-state index contributed by atoms with van der Waals surface area (Å²) < 4.78 is 1.36. The Kier molecular flexibility index (Phi) is 3.88. The van der Waals surface area contributed by atoms with E-state index >= 15 is 0 Å². The number of hydrogen-bond acceptors (Lipinski definition) is 4. The molecule has 0 aliphatic carbocycles. The zero-order valence-corrected chi connectivity index (χ0v) is 12.7. The summed E-state index contributed by atoms with van der Waals surface area (Å²) in [5, 5.41) is 2.09. The molecule has 1 aliphatic heterocycles. The third kappa shape index (κ3) is 2.63. The molecular formula is C15H17N3O2S. The quantitative estimate of drug-likeness (QED) is 0.869. The monoisotopic (exact) mass is 303 g/mol. The summed E-state index contributed by atoms with van der Waals surface area (Å²) >= 11 is 1.76. The van der Waals surface area contributed by atoms with Crippen LogP contribution in [0.2, 0.25) is 0 Å². The molecule has 21 heavy (non-hydrogen) atoms. The Morgan fingerprint density at radius 3 is 3.14 bits per heavy atom. The van der Waals surface area contributed by atoms with Crippen LogP contribution in [0.3, 0.4) is 0 Å². The third-order valence-corrected chi connectivity index (χ3v) is 4.89. The van der Waals surface area contributed by atoms with Gasteiger partial charge in [0.15, 0.2) is 0 Å². The molecular weight excluding hydrogens is 286 g/mol. The Bertz CT molecular complexity index is 707. The second kappa shape index (κ2) is 5.81. The van der Waals surface area contributed by atoms with Gasteiger partial charge in [-0.05, 0) is 35.9 Å². The van der Waals surface area contributed by atoms with Crippen LogP contribution in [0.15, 0.2) is 34.7 Å². The average Bonchev–Trinajstić information content (AvgIpc) is 2.97. The highest BCUT2D eigenvalue weighted by Crippen LogP contribution is 2.35. The molecule has 1 amide bonds. The Morgan fingerprint density at radius 2 is 2.38 bits per heavy atom. The highest BCUT2D eigenvalue weighted by molar-refractivity contribution is 7.10. The van der Waals surface area contributed by atoms with Crippen molar-refractivity contribution in [1.82, 2.24) is 14.5 Å².